The minimum Gasteiger partial charge on any atom is -0.300 e. The van der Waals surface area contributed by atoms with Crippen LogP contribution in [-0.2, 0) is 4.79 Å². The van der Waals surface area contributed by atoms with Gasteiger partial charge < -0.3 is 4.79 Å². The van der Waals surface area contributed by atoms with E-state index >= 15 is 0 Å². The van der Waals surface area contributed by atoms with E-state index in [0.29, 0.717) is 0 Å². The van der Waals surface area contributed by atoms with Gasteiger partial charge in [-0.15, -0.1) is 0 Å². The van der Waals surface area contributed by atoms with Crippen LogP contribution < -0.4 is 0 Å². The number of hydrogen-bond acceptors (Lipinski definition) is 1. The lowest BCUT2D eigenvalue weighted by Crippen LogP contribution is -2.23. The van der Waals surface area contributed by atoms with Crippen LogP contribution in [0.1, 0.15) is 27.2 Å². The molecule has 0 aliphatic heterocycles. The van der Waals surface area contributed by atoms with Crippen molar-refractivity contribution in [3.63, 3.8) is 0 Å². The first-order valence-electron chi connectivity index (χ1n) is 3.21. The molecule has 0 rings (SSSR count). The summed E-state index contributed by atoms with van der Waals surface area (Å²) in [6.45, 7) is 3.53. The van der Waals surface area contributed by atoms with Crippen molar-refractivity contribution in [1.29, 1.82) is 0 Å². The Kier molecular flexibility index (Phi) is 2.94. The van der Waals surface area contributed by atoms with Crippen molar-refractivity contribution in [2.75, 3.05) is 0 Å². The molecular formula is C7H12F2O. The lowest BCUT2D eigenvalue weighted by Gasteiger charge is -2.17. The Bertz CT molecular complexity index is 126. The summed E-state index contributed by atoms with van der Waals surface area (Å²) in [5.41, 5.74) is 0. The molecule has 0 saturated heterocycles. The van der Waals surface area contributed by atoms with Crippen LogP contribution in [0, 0.1) is 5.92 Å². The third kappa shape index (κ3) is 3.54. The van der Waals surface area contributed by atoms with E-state index < -0.39 is 11.8 Å². The molecule has 0 N–H and O–H groups in total. The lowest BCUT2D eigenvalue weighted by molar-refractivity contribution is -0.121. The van der Waals surface area contributed by atoms with Crippen molar-refractivity contribution >= 4 is 5.78 Å². The maximum atomic E-state index is 12.3. The minimum atomic E-state index is -2.73. The molecule has 0 fully saturated rings. The summed E-state index contributed by atoms with van der Waals surface area (Å²) in [6, 6.07) is 0. The molecule has 60 valence electrons. The Morgan fingerprint density at radius 1 is 1.60 bits per heavy atom. The van der Waals surface area contributed by atoms with Gasteiger partial charge in [-0.3, -0.25) is 0 Å². The molecule has 1 nitrogen and oxygen atoms in total. The quantitative estimate of drug-likeness (QED) is 0.603. The highest BCUT2D eigenvalue weighted by Crippen LogP contribution is 2.25. The highest BCUT2D eigenvalue weighted by atomic mass is 19.3. The molecule has 10 heavy (non-hydrogen) atoms. The SMILES string of the molecule is CC(=O)C[C@@H](C)C(C)(F)F. The fraction of sp³-hybridized carbons (Fsp3) is 0.857. The number of hydrogen-bond donors (Lipinski definition) is 0. The van der Waals surface area contributed by atoms with Gasteiger partial charge in [0.05, 0.1) is 0 Å². The van der Waals surface area contributed by atoms with Gasteiger partial charge in [-0.2, -0.15) is 0 Å². The number of Topliss-reactive ketones (excluding diaryl/α,β-unsaturated/α-hetero) is 1. The molecule has 0 aromatic rings. The first-order valence-corrected chi connectivity index (χ1v) is 3.21. The number of alkyl halides is 2. The monoisotopic (exact) mass is 150 g/mol. The first kappa shape index (κ1) is 9.53. The molecule has 0 spiro atoms. The topological polar surface area (TPSA) is 17.1 Å². The second kappa shape index (κ2) is 3.08. The van der Waals surface area contributed by atoms with Crippen LogP contribution in [0.25, 0.3) is 0 Å². The lowest BCUT2D eigenvalue weighted by atomic mass is 9.99. The molecule has 0 radical (unpaired) electrons. The number of carbonyl (C=O) groups excluding carboxylic acids is 1. The predicted molar refractivity (Wildman–Crippen MR) is 35.1 cm³/mol. The standard InChI is InChI=1S/C7H12F2O/c1-5(4-6(2)10)7(3,8)9/h5H,4H2,1-3H3/t5-/m1/s1. The first-order chi connectivity index (χ1) is 4.34. The summed E-state index contributed by atoms with van der Waals surface area (Å²) >= 11 is 0. The largest absolute Gasteiger partial charge is 0.300 e. The smallest absolute Gasteiger partial charge is 0.248 e. The fourth-order valence-corrected chi connectivity index (χ4v) is 0.610. The van der Waals surface area contributed by atoms with E-state index in [1.807, 2.05) is 0 Å². The maximum Gasteiger partial charge on any atom is 0.248 e. The van der Waals surface area contributed by atoms with Gasteiger partial charge in [-0.25, -0.2) is 8.78 Å². The average Bonchev–Trinajstić information content (AvgIpc) is 1.60. The van der Waals surface area contributed by atoms with Crippen LogP contribution in [0.2, 0.25) is 0 Å². The van der Waals surface area contributed by atoms with Crippen molar-refractivity contribution in [3.8, 4) is 0 Å². The van der Waals surface area contributed by atoms with Crippen LogP contribution in [0.3, 0.4) is 0 Å². The fourth-order valence-electron chi connectivity index (χ4n) is 0.610. The summed E-state index contributed by atoms with van der Waals surface area (Å²) in [6.07, 6.45) is -0.0382. The molecule has 0 amide bonds. The highest BCUT2D eigenvalue weighted by molar-refractivity contribution is 5.75. The molecule has 0 aliphatic rings. The molecule has 0 saturated carbocycles. The number of ketones is 1. The zero-order chi connectivity index (χ0) is 8.36. The summed E-state index contributed by atoms with van der Waals surface area (Å²) in [4.78, 5) is 10.4. The van der Waals surface area contributed by atoms with Gasteiger partial charge in [0, 0.05) is 12.3 Å². The van der Waals surface area contributed by atoms with E-state index in [4.69, 9.17) is 0 Å². The van der Waals surface area contributed by atoms with Gasteiger partial charge in [0.2, 0.25) is 5.92 Å². The number of rotatable bonds is 3. The number of carbonyl (C=O) groups is 1. The Balaban J connectivity index is 3.85. The zero-order valence-electron chi connectivity index (χ0n) is 6.45. The summed E-state index contributed by atoms with van der Waals surface area (Å²) in [5.74, 6) is -3.76. The molecule has 0 aromatic heterocycles. The molecule has 0 aromatic carbocycles. The third-order valence-corrected chi connectivity index (χ3v) is 1.46. The van der Waals surface area contributed by atoms with E-state index in [9.17, 15) is 13.6 Å². The predicted octanol–water partition coefficient (Wildman–Crippen LogP) is 2.26. The van der Waals surface area contributed by atoms with E-state index in [0.717, 1.165) is 6.92 Å². The molecule has 0 bridgehead atoms. The highest BCUT2D eigenvalue weighted by Gasteiger charge is 2.30. The second-order valence-electron chi connectivity index (χ2n) is 2.76. The van der Waals surface area contributed by atoms with Crippen molar-refractivity contribution in [2.45, 2.75) is 33.1 Å². The molecular weight excluding hydrogens is 138 g/mol. The Morgan fingerprint density at radius 2 is 2.00 bits per heavy atom. The average molecular weight is 150 g/mol. The summed E-state index contributed by atoms with van der Waals surface area (Å²) in [7, 11) is 0. The van der Waals surface area contributed by atoms with E-state index in [-0.39, 0.29) is 12.2 Å². The van der Waals surface area contributed by atoms with E-state index in [2.05, 4.69) is 0 Å². The van der Waals surface area contributed by atoms with Crippen molar-refractivity contribution in [3.05, 3.63) is 0 Å². The van der Waals surface area contributed by atoms with Crippen LogP contribution in [-0.4, -0.2) is 11.7 Å². The van der Waals surface area contributed by atoms with Gasteiger partial charge in [-0.05, 0) is 13.8 Å². The van der Waals surface area contributed by atoms with Gasteiger partial charge in [0.15, 0.2) is 0 Å². The Hall–Kier alpha value is -0.470. The molecule has 0 aliphatic carbocycles. The van der Waals surface area contributed by atoms with Crippen LogP contribution >= 0.6 is 0 Å². The number of halogens is 2. The van der Waals surface area contributed by atoms with Gasteiger partial charge in [0.1, 0.15) is 5.78 Å². The van der Waals surface area contributed by atoms with Crippen LogP contribution in [0.4, 0.5) is 8.78 Å². The van der Waals surface area contributed by atoms with Gasteiger partial charge in [-0.1, -0.05) is 6.92 Å². The minimum absolute atomic E-state index is 0.0382. The van der Waals surface area contributed by atoms with Crippen LogP contribution in [0.5, 0.6) is 0 Å². The van der Waals surface area contributed by atoms with Crippen LogP contribution in [0.15, 0.2) is 0 Å². The van der Waals surface area contributed by atoms with Gasteiger partial charge in [0.25, 0.3) is 0 Å². The molecule has 0 unspecified atom stereocenters. The maximum absolute atomic E-state index is 12.3. The molecule has 3 heteroatoms. The summed E-state index contributed by atoms with van der Waals surface area (Å²) in [5, 5.41) is 0. The molecule has 1 atom stereocenters. The third-order valence-electron chi connectivity index (χ3n) is 1.46. The van der Waals surface area contributed by atoms with Crippen molar-refractivity contribution < 1.29 is 13.6 Å². The second-order valence-corrected chi connectivity index (χ2v) is 2.76. The molecule has 0 heterocycles. The zero-order valence-corrected chi connectivity index (χ0v) is 6.45. The Labute approximate surface area is 59.4 Å². The summed E-state index contributed by atoms with van der Waals surface area (Å²) < 4.78 is 24.6. The van der Waals surface area contributed by atoms with E-state index in [1.165, 1.54) is 13.8 Å². The van der Waals surface area contributed by atoms with Crippen molar-refractivity contribution in [2.24, 2.45) is 5.92 Å². The van der Waals surface area contributed by atoms with Gasteiger partial charge >= 0.3 is 0 Å². The Morgan fingerprint density at radius 3 is 2.10 bits per heavy atom. The van der Waals surface area contributed by atoms with Crippen molar-refractivity contribution in [1.82, 2.24) is 0 Å². The normalized spacial score (nSPS) is 14.9. The van der Waals surface area contributed by atoms with E-state index in [1.54, 1.807) is 0 Å².